The van der Waals surface area contributed by atoms with E-state index < -0.39 is 0 Å². The molecule has 0 saturated carbocycles. The van der Waals surface area contributed by atoms with E-state index in [0.29, 0.717) is 0 Å². The van der Waals surface area contributed by atoms with E-state index in [2.05, 4.69) is 96.8 Å². The van der Waals surface area contributed by atoms with Crippen molar-refractivity contribution in [2.24, 2.45) is 5.92 Å². The fraction of sp³-hybridized carbons (Fsp3) is 0.314. The number of rotatable bonds is 4. The third kappa shape index (κ3) is 6.28. The van der Waals surface area contributed by atoms with Crippen molar-refractivity contribution in [1.29, 1.82) is 0 Å². The first-order valence-corrected chi connectivity index (χ1v) is 14.3. The van der Waals surface area contributed by atoms with Crippen LogP contribution in [0.1, 0.15) is 53.0 Å². The number of piperidine rings is 1. The van der Waals surface area contributed by atoms with Crippen LogP contribution in [0.25, 0.3) is 44.3 Å². The summed E-state index contributed by atoms with van der Waals surface area (Å²) in [6, 6.07) is 32.1. The lowest BCUT2D eigenvalue weighted by Gasteiger charge is -2.30. The zero-order chi connectivity index (χ0) is 26.9. The van der Waals surface area contributed by atoms with Gasteiger partial charge in [0, 0.05) is 17.7 Å². The average Bonchev–Trinajstić information content (AvgIpc) is 2.99. The molecule has 4 aromatic carbocycles. The van der Waals surface area contributed by atoms with Gasteiger partial charge >= 0.3 is 0 Å². The Morgan fingerprint density at radius 3 is 1.63 bits per heavy atom. The van der Waals surface area contributed by atoms with Crippen LogP contribution in [0, 0.1) is 5.92 Å². The Morgan fingerprint density at radius 1 is 0.632 bits per heavy atom. The maximum absolute atomic E-state index is 5.15. The van der Waals surface area contributed by atoms with Gasteiger partial charge < -0.3 is 0 Å². The minimum absolute atomic E-state index is 0.860. The van der Waals surface area contributed by atoms with Crippen molar-refractivity contribution in [3.8, 4) is 22.5 Å². The molecule has 0 bridgehead atoms. The van der Waals surface area contributed by atoms with Crippen molar-refractivity contribution < 1.29 is 0 Å². The number of fused-ring (bicyclic) bond motifs is 2. The Bertz CT molecular complexity index is 1430. The molecule has 0 aliphatic carbocycles. The van der Waals surface area contributed by atoms with Crippen molar-refractivity contribution in [3.63, 3.8) is 0 Å². The summed E-state index contributed by atoms with van der Waals surface area (Å²) in [4.78, 5) is 12.9. The molecule has 5 aromatic rings. The Labute approximate surface area is 228 Å². The van der Waals surface area contributed by atoms with Gasteiger partial charge in [-0.05, 0) is 60.3 Å². The molecule has 1 aliphatic heterocycles. The van der Waals surface area contributed by atoms with Gasteiger partial charge in [0.1, 0.15) is 0 Å². The third-order valence-electron chi connectivity index (χ3n) is 7.09. The fourth-order valence-electron chi connectivity index (χ4n) is 4.99. The highest BCUT2D eigenvalue weighted by atomic mass is 15.1. The van der Waals surface area contributed by atoms with Gasteiger partial charge in [0.25, 0.3) is 0 Å². The highest BCUT2D eigenvalue weighted by molar-refractivity contribution is 5.97. The Kier molecular flexibility index (Phi) is 9.62. The zero-order valence-electron chi connectivity index (χ0n) is 23.6. The Morgan fingerprint density at radius 2 is 1.11 bits per heavy atom. The van der Waals surface area contributed by atoms with Crippen molar-refractivity contribution in [2.75, 3.05) is 13.1 Å². The second kappa shape index (κ2) is 13.3. The molecule has 0 N–H and O–H groups in total. The molecule has 0 amide bonds. The monoisotopic (exact) mass is 503 g/mol. The van der Waals surface area contributed by atoms with E-state index in [-0.39, 0.29) is 0 Å². The molecule has 1 aromatic heterocycles. The van der Waals surface area contributed by atoms with Crippen LogP contribution in [-0.2, 0) is 6.54 Å². The standard InChI is InChI=1S/C31H29N3.2C2H6/c1-22-15-17-34(18-16-22)21-23-11-13-25(14-12-23)31-30(24-7-3-2-4-8-24)32-28-19-26-9-5-6-10-27(26)20-29(28)33-31;2*1-2/h2-14,19-20,22H,15-18,21H2,1H3;2*1-2H3. The largest absolute Gasteiger partial charge is 0.299 e. The summed E-state index contributed by atoms with van der Waals surface area (Å²) < 4.78 is 0. The van der Waals surface area contributed by atoms with Crippen LogP contribution in [0.5, 0.6) is 0 Å². The van der Waals surface area contributed by atoms with Crippen LogP contribution in [0.2, 0.25) is 0 Å². The summed E-state index contributed by atoms with van der Waals surface area (Å²) in [6.07, 6.45) is 2.61. The molecule has 0 radical (unpaired) electrons. The van der Waals surface area contributed by atoms with Gasteiger partial charge in [-0.25, -0.2) is 9.97 Å². The predicted molar refractivity (Wildman–Crippen MR) is 164 cm³/mol. The number of nitrogens with zero attached hydrogens (tertiary/aromatic N) is 3. The average molecular weight is 504 g/mol. The number of hydrogen-bond donors (Lipinski definition) is 0. The highest BCUT2D eigenvalue weighted by Gasteiger charge is 2.17. The first-order chi connectivity index (χ1) is 18.7. The Balaban J connectivity index is 0.000000804. The van der Waals surface area contributed by atoms with Crippen LogP contribution >= 0.6 is 0 Å². The molecule has 0 atom stereocenters. The normalized spacial score (nSPS) is 13.9. The number of likely N-dealkylation sites (tertiary alicyclic amines) is 1. The van der Waals surface area contributed by atoms with Gasteiger partial charge in [-0.15, -0.1) is 0 Å². The summed E-state index contributed by atoms with van der Waals surface area (Å²) in [5.74, 6) is 0.860. The zero-order valence-corrected chi connectivity index (χ0v) is 23.6. The third-order valence-corrected chi connectivity index (χ3v) is 7.09. The van der Waals surface area contributed by atoms with E-state index in [9.17, 15) is 0 Å². The summed E-state index contributed by atoms with van der Waals surface area (Å²) >= 11 is 0. The van der Waals surface area contributed by atoms with E-state index >= 15 is 0 Å². The molecule has 196 valence electrons. The number of hydrogen-bond acceptors (Lipinski definition) is 3. The molecule has 1 saturated heterocycles. The maximum atomic E-state index is 5.15. The van der Waals surface area contributed by atoms with Crippen molar-refractivity contribution in [3.05, 3.63) is 96.6 Å². The van der Waals surface area contributed by atoms with E-state index in [1.807, 2.05) is 33.8 Å². The SMILES string of the molecule is CC.CC.CC1CCN(Cc2ccc(-c3nc4cc5ccccc5cc4nc3-c3ccccc3)cc2)CC1. The lowest BCUT2D eigenvalue weighted by molar-refractivity contribution is 0.185. The van der Waals surface area contributed by atoms with Gasteiger partial charge in [0.2, 0.25) is 0 Å². The molecule has 3 nitrogen and oxygen atoms in total. The lowest BCUT2D eigenvalue weighted by Crippen LogP contribution is -2.32. The van der Waals surface area contributed by atoms with Crippen LogP contribution < -0.4 is 0 Å². The van der Waals surface area contributed by atoms with E-state index in [1.165, 1.54) is 42.3 Å². The fourth-order valence-corrected chi connectivity index (χ4v) is 4.99. The molecule has 0 unspecified atom stereocenters. The van der Waals surface area contributed by atoms with Crippen molar-refractivity contribution >= 4 is 21.8 Å². The quantitative estimate of drug-likeness (QED) is 0.229. The van der Waals surface area contributed by atoms with Crippen LogP contribution in [0.3, 0.4) is 0 Å². The van der Waals surface area contributed by atoms with Crippen molar-refractivity contribution in [1.82, 2.24) is 14.9 Å². The first-order valence-electron chi connectivity index (χ1n) is 14.3. The Hall–Kier alpha value is -3.56. The molecule has 3 heteroatoms. The first kappa shape index (κ1) is 27.5. The van der Waals surface area contributed by atoms with Crippen LogP contribution in [-0.4, -0.2) is 28.0 Å². The predicted octanol–water partition coefficient (Wildman–Crippen LogP) is 9.40. The smallest absolute Gasteiger partial charge is 0.0973 e. The molecule has 0 spiro atoms. The van der Waals surface area contributed by atoms with Gasteiger partial charge in [-0.1, -0.05) is 113 Å². The number of aromatic nitrogens is 2. The van der Waals surface area contributed by atoms with Crippen LogP contribution in [0.15, 0.2) is 91.0 Å². The highest BCUT2D eigenvalue weighted by Crippen LogP contribution is 2.32. The minimum Gasteiger partial charge on any atom is -0.299 e. The second-order valence-corrected chi connectivity index (χ2v) is 9.63. The van der Waals surface area contributed by atoms with Crippen LogP contribution in [0.4, 0.5) is 0 Å². The number of benzene rings is 4. The van der Waals surface area contributed by atoms with Gasteiger partial charge in [-0.3, -0.25) is 4.90 Å². The molecule has 38 heavy (non-hydrogen) atoms. The lowest BCUT2D eigenvalue weighted by atomic mass is 9.98. The minimum atomic E-state index is 0.860. The molecule has 1 fully saturated rings. The maximum Gasteiger partial charge on any atom is 0.0973 e. The second-order valence-electron chi connectivity index (χ2n) is 9.63. The molecular weight excluding hydrogens is 462 g/mol. The summed E-state index contributed by atoms with van der Waals surface area (Å²) in [5.41, 5.74) is 7.29. The molecular formula is C35H41N3. The van der Waals surface area contributed by atoms with Gasteiger partial charge in [-0.2, -0.15) is 0 Å². The summed E-state index contributed by atoms with van der Waals surface area (Å²) in [5, 5.41) is 2.38. The van der Waals surface area contributed by atoms with Gasteiger partial charge in [0.15, 0.2) is 0 Å². The topological polar surface area (TPSA) is 29.0 Å². The molecule has 1 aliphatic rings. The van der Waals surface area contributed by atoms with Gasteiger partial charge in [0.05, 0.1) is 22.4 Å². The van der Waals surface area contributed by atoms with E-state index in [4.69, 9.17) is 9.97 Å². The van der Waals surface area contributed by atoms with Crippen molar-refractivity contribution in [2.45, 2.75) is 54.0 Å². The van der Waals surface area contributed by atoms with E-state index in [1.54, 1.807) is 0 Å². The summed E-state index contributed by atoms with van der Waals surface area (Å²) in [7, 11) is 0. The molecule has 2 heterocycles. The summed E-state index contributed by atoms with van der Waals surface area (Å²) in [6.45, 7) is 13.8. The van der Waals surface area contributed by atoms with E-state index in [0.717, 1.165) is 46.0 Å². The molecule has 6 rings (SSSR count).